The van der Waals surface area contributed by atoms with Crippen LogP contribution in [0.1, 0.15) is 72.1 Å². The first-order valence-electron chi connectivity index (χ1n) is 9.45. The molecular formula is C20H32O2. The van der Waals surface area contributed by atoms with Gasteiger partial charge in [-0.05, 0) is 67.6 Å². The Morgan fingerprint density at radius 1 is 1.00 bits per heavy atom. The summed E-state index contributed by atoms with van der Waals surface area (Å²) in [5.74, 6) is 1.24. The largest absolute Gasteiger partial charge is 0.365 e. The SMILES string of the molecule is CC1CCC[C@@]2(C)C1=CC[C@@H]1[C@H]2CC[C@@]2(C)[C@H]1CCC2(O)O. The van der Waals surface area contributed by atoms with Crippen molar-refractivity contribution in [2.45, 2.75) is 77.9 Å². The van der Waals surface area contributed by atoms with Crippen molar-refractivity contribution < 1.29 is 10.2 Å². The van der Waals surface area contributed by atoms with Crippen molar-refractivity contribution in [2.24, 2.45) is 34.5 Å². The van der Waals surface area contributed by atoms with E-state index in [1.54, 1.807) is 5.57 Å². The Hall–Kier alpha value is -0.340. The van der Waals surface area contributed by atoms with Gasteiger partial charge in [0.1, 0.15) is 0 Å². The average Bonchev–Trinajstić information content (AvgIpc) is 2.69. The zero-order valence-electron chi connectivity index (χ0n) is 14.4. The van der Waals surface area contributed by atoms with E-state index in [2.05, 4.69) is 26.8 Å². The number of allylic oxidation sites excluding steroid dienone is 2. The second-order valence-electron chi connectivity index (χ2n) is 9.29. The van der Waals surface area contributed by atoms with Crippen LogP contribution in [0.3, 0.4) is 0 Å². The van der Waals surface area contributed by atoms with E-state index in [9.17, 15) is 10.2 Å². The summed E-state index contributed by atoms with van der Waals surface area (Å²) in [6.07, 6.45) is 11.5. The van der Waals surface area contributed by atoms with Gasteiger partial charge in [0.15, 0.2) is 5.79 Å². The van der Waals surface area contributed by atoms with Crippen LogP contribution in [0.2, 0.25) is 0 Å². The van der Waals surface area contributed by atoms with Gasteiger partial charge in [0.2, 0.25) is 0 Å². The Kier molecular flexibility index (Phi) is 3.18. The van der Waals surface area contributed by atoms with Gasteiger partial charge in [0.05, 0.1) is 0 Å². The highest BCUT2D eigenvalue weighted by molar-refractivity contribution is 5.26. The fourth-order valence-corrected chi connectivity index (χ4v) is 7.13. The normalized spacial score (nSPS) is 53.2. The van der Waals surface area contributed by atoms with Gasteiger partial charge < -0.3 is 10.2 Å². The van der Waals surface area contributed by atoms with Crippen LogP contribution in [0, 0.1) is 34.5 Å². The van der Waals surface area contributed by atoms with E-state index in [-0.39, 0.29) is 5.41 Å². The van der Waals surface area contributed by atoms with Crippen LogP contribution in [0.15, 0.2) is 11.6 Å². The molecule has 0 heterocycles. The van der Waals surface area contributed by atoms with Crippen LogP contribution in [0.4, 0.5) is 0 Å². The first kappa shape index (κ1) is 15.2. The van der Waals surface area contributed by atoms with Gasteiger partial charge in [0, 0.05) is 11.8 Å². The molecule has 3 fully saturated rings. The van der Waals surface area contributed by atoms with E-state index >= 15 is 0 Å². The van der Waals surface area contributed by atoms with Gasteiger partial charge in [-0.3, -0.25) is 0 Å². The summed E-state index contributed by atoms with van der Waals surface area (Å²) >= 11 is 0. The molecule has 0 bridgehead atoms. The van der Waals surface area contributed by atoms with E-state index in [0.717, 1.165) is 24.7 Å². The molecule has 3 saturated carbocycles. The van der Waals surface area contributed by atoms with Crippen LogP contribution < -0.4 is 0 Å². The Balaban J connectivity index is 1.71. The lowest BCUT2D eigenvalue weighted by Gasteiger charge is -2.58. The van der Waals surface area contributed by atoms with Crippen LogP contribution >= 0.6 is 0 Å². The monoisotopic (exact) mass is 304 g/mol. The summed E-state index contributed by atoms with van der Waals surface area (Å²) in [7, 11) is 0. The average molecular weight is 304 g/mol. The molecule has 0 amide bonds. The van der Waals surface area contributed by atoms with Crippen molar-refractivity contribution in [3.05, 3.63) is 11.6 Å². The number of aliphatic hydroxyl groups is 2. The molecule has 22 heavy (non-hydrogen) atoms. The summed E-state index contributed by atoms with van der Waals surface area (Å²) in [4.78, 5) is 0. The third-order valence-corrected chi connectivity index (χ3v) is 8.50. The third kappa shape index (κ3) is 1.74. The molecule has 124 valence electrons. The second-order valence-corrected chi connectivity index (χ2v) is 9.29. The van der Waals surface area contributed by atoms with Crippen LogP contribution in [-0.2, 0) is 0 Å². The van der Waals surface area contributed by atoms with Gasteiger partial charge in [-0.2, -0.15) is 0 Å². The molecule has 0 aromatic heterocycles. The predicted octanol–water partition coefficient (Wildman–Crippen LogP) is 4.27. The van der Waals surface area contributed by atoms with E-state index in [0.29, 0.717) is 23.7 Å². The summed E-state index contributed by atoms with van der Waals surface area (Å²) < 4.78 is 0. The maximum Gasteiger partial charge on any atom is 0.168 e. The number of hydrogen-bond donors (Lipinski definition) is 2. The topological polar surface area (TPSA) is 40.5 Å². The van der Waals surface area contributed by atoms with Crippen molar-refractivity contribution in [3.8, 4) is 0 Å². The molecule has 2 N–H and O–H groups in total. The number of hydrogen-bond acceptors (Lipinski definition) is 2. The van der Waals surface area contributed by atoms with Gasteiger partial charge in [-0.1, -0.05) is 38.8 Å². The standard InChI is InChI=1S/C20H32O2/c1-13-5-4-10-18(2)15(13)7-6-14-16(18)8-11-19(3)17(14)9-12-20(19,21)22/h7,13-14,16-17,21-22H,4-6,8-12H2,1-3H3/t13?,14-,16-,17+,18+,19+/m1/s1. The maximum atomic E-state index is 10.5. The Labute approximate surface area is 135 Å². The molecule has 0 aromatic rings. The minimum atomic E-state index is -1.44. The molecule has 6 atom stereocenters. The molecule has 1 unspecified atom stereocenters. The number of rotatable bonds is 0. The molecule has 4 aliphatic rings. The molecule has 4 aliphatic carbocycles. The molecular weight excluding hydrogens is 272 g/mol. The van der Waals surface area contributed by atoms with Gasteiger partial charge in [-0.15, -0.1) is 0 Å². The van der Waals surface area contributed by atoms with Gasteiger partial charge in [0.25, 0.3) is 0 Å². The van der Waals surface area contributed by atoms with Crippen LogP contribution in [0.5, 0.6) is 0 Å². The summed E-state index contributed by atoms with van der Waals surface area (Å²) in [6, 6.07) is 0. The molecule has 0 aliphatic heterocycles. The lowest BCUT2D eigenvalue weighted by molar-refractivity contribution is -0.246. The zero-order valence-corrected chi connectivity index (χ0v) is 14.4. The molecule has 4 rings (SSSR count). The minimum Gasteiger partial charge on any atom is -0.365 e. The minimum absolute atomic E-state index is 0.282. The third-order valence-electron chi connectivity index (χ3n) is 8.50. The maximum absolute atomic E-state index is 10.5. The van der Waals surface area contributed by atoms with Crippen molar-refractivity contribution >= 4 is 0 Å². The highest BCUT2D eigenvalue weighted by Gasteiger charge is 2.63. The van der Waals surface area contributed by atoms with E-state index in [1.807, 2.05) is 0 Å². The van der Waals surface area contributed by atoms with Crippen LogP contribution in [0.25, 0.3) is 0 Å². The van der Waals surface area contributed by atoms with Gasteiger partial charge >= 0.3 is 0 Å². The molecule has 2 nitrogen and oxygen atoms in total. The lowest BCUT2D eigenvalue weighted by atomic mass is 9.47. The molecule has 0 aromatic carbocycles. The van der Waals surface area contributed by atoms with Crippen molar-refractivity contribution in [3.63, 3.8) is 0 Å². The van der Waals surface area contributed by atoms with Crippen LogP contribution in [-0.4, -0.2) is 16.0 Å². The van der Waals surface area contributed by atoms with Crippen molar-refractivity contribution in [1.29, 1.82) is 0 Å². The Bertz CT molecular complexity index is 508. The Morgan fingerprint density at radius 2 is 1.73 bits per heavy atom. The summed E-state index contributed by atoms with van der Waals surface area (Å²) in [5.41, 5.74) is 1.84. The van der Waals surface area contributed by atoms with E-state index in [4.69, 9.17) is 0 Å². The summed E-state index contributed by atoms with van der Waals surface area (Å²) in [5, 5.41) is 21.0. The first-order valence-corrected chi connectivity index (χ1v) is 9.45. The fraction of sp³-hybridized carbons (Fsp3) is 0.900. The quantitative estimate of drug-likeness (QED) is 0.518. The highest BCUT2D eigenvalue weighted by Crippen LogP contribution is 2.67. The van der Waals surface area contributed by atoms with Crippen molar-refractivity contribution in [2.75, 3.05) is 0 Å². The Morgan fingerprint density at radius 3 is 2.50 bits per heavy atom. The molecule has 2 heteroatoms. The van der Waals surface area contributed by atoms with E-state index < -0.39 is 5.79 Å². The van der Waals surface area contributed by atoms with Gasteiger partial charge in [-0.25, -0.2) is 0 Å². The molecule has 0 spiro atoms. The zero-order chi connectivity index (χ0) is 15.8. The highest BCUT2D eigenvalue weighted by atomic mass is 16.5. The van der Waals surface area contributed by atoms with Crippen molar-refractivity contribution in [1.82, 2.24) is 0 Å². The molecule has 0 radical (unpaired) electrons. The van der Waals surface area contributed by atoms with E-state index in [1.165, 1.54) is 32.1 Å². The summed E-state index contributed by atoms with van der Waals surface area (Å²) in [6.45, 7) is 7.08. The second kappa shape index (κ2) is 4.60. The first-order chi connectivity index (χ1) is 10.3. The predicted molar refractivity (Wildman–Crippen MR) is 88.0 cm³/mol. The number of fused-ring (bicyclic) bond motifs is 5. The lowest BCUT2D eigenvalue weighted by Crippen LogP contribution is -2.54. The molecule has 0 saturated heterocycles. The smallest absolute Gasteiger partial charge is 0.168 e. The fourth-order valence-electron chi connectivity index (χ4n) is 7.13.